The number of para-hydroxylation sites is 1. The Labute approximate surface area is 194 Å². The lowest BCUT2D eigenvalue weighted by Crippen LogP contribution is -2.50. The lowest BCUT2D eigenvalue weighted by Gasteiger charge is -2.34. The summed E-state index contributed by atoms with van der Waals surface area (Å²) >= 11 is 7.38. The first-order valence-corrected chi connectivity index (χ1v) is 11.6. The summed E-state index contributed by atoms with van der Waals surface area (Å²) in [6.45, 7) is 4.00. The topological polar surface area (TPSA) is 58.4 Å². The van der Waals surface area contributed by atoms with Crippen molar-refractivity contribution in [2.75, 3.05) is 26.2 Å². The van der Waals surface area contributed by atoms with Gasteiger partial charge in [-0.25, -0.2) is 4.68 Å². The number of piperazine rings is 1. The van der Waals surface area contributed by atoms with Crippen molar-refractivity contribution in [3.63, 3.8) is 0 Å². The van der Waals surface area contributed by atoms with Crippen LogP contribution in [0.3, 0.4) is 0 Å². The van der Waals surface area contributed by atoms with Crippen LogP contribution in [0.25, 0.3) is 15.9 Å². The van der Waals surface area contributed by atoms with Crippen molar-refractivity contribution in [1.82, 2.24) is 19.6 Å². The van der Waals surface area contributed by atoms with E-state index >= 15 is 0 Å². The first-order valence-electron chi connectivity index (χ1n) is 10.4. The van der Waals surface area contributed by atoms with Crippen LogP contribution in [0.4, 0.5) is 0 Å². The fraction of sp³-hybridized carbons (Fsp3) is 0.208. The molecule has 3 heterocycles. The maximum absolute atomic E-state index is 13.2. The quantitative estimate of drug-likeness (QED) is 0.443. The van der Waals surface area contributed by atoms with Gasteiger partial charge in [0.2, 0.25) is 0 Å². The molecule has 0 radical (unpaired) electrons. The van der Waals surface area contributed by atoms with E-state index in [0.717, 1.165) is 21.6 Å². The van der Waals surface area contributed by atoms with Gasteiger partial charge in [0, 0.05) is 42.2 Å². The minimum absolute atomic E-state index is 0.00352. The number of fused-ring (bicyclic) bond motifs is 1. The maximum atomic E-state index is 13.2. The highest BCUT2D eigenvalue weighted by atomic mass is 35.5. The Morgan fingerprint density at radius 1 is 0.906 bits per heavy atom. The smallest absolute Gasteiger partial charge is 0.264 e. The molecule has 0 saturated carbocycles. The van der Waals surface area contributed by atoms with Gasteiger partial charge in [-0.2, -0.15) is 5.10 Å². The molecule has 0 N–H and O–H groups in total. The molecule has 4 aromatic rings. The fourth-order valence-corrected chi connectivity index (χ4v) is 5.22. The molecule has 5 rings (SSSR count). The van der Waals surface area contributed by atoms with E-state index in [1.54, 1.807) is 29.2 Å². The van der Waals surface area contributed by atoms with Crippen LogP contribution >= 0.6 is 22.9 Å². The van der Waals surface area contributed by atoms with Crippen molar-refractivity contribution in [3.8, 4) is 5.69 Å². The fourth-order valence-electron chi connectivity index (χ4n) is 3.94. The van der Waals surface area contributed by atoms with Gasteiger partial charge in [-0.05, 0) is 49.4 Å². The van der Waals surface area contributed by atoms with Crippen LogP contribution in [0, 0.1) is 6.92 Å². The van der Waals surface area contributed by atoms with Gasteiger partial charge in [-0.1, -0.05) is 29.8 Å². The van der Waals surface area contributed by atoms with Crippen LogP contribution in [0.1, 0.15) is 25.7 Å². The number of thiophene rings is 1. The number of carbonyl (C=O) groups is 2. The van der Waals surface area contributed by atoms with Gasteiger partial charge in [-0.3, -0.25) is 9.59 Å². The summed E-state index contributed by atoms with van der Waals surface area (Å²) in [4.78, 5) is 31.2. The third kappa shape index (κ3) is 3.78. The van der Waals surface area contributed by atoms with Gasteiger partial charge in [0.15, 0.2) is 0 Å². The molecular formula is C24H21ClN4O2S. The highest BCUT2D eigenvalue weighted by Gasteiger charge is 2.27. The molecule has 0 aliphatic carbocycles. The second-order valence-corrected chi connectivity index (χ2v) is 9.22. The van der Waals surface area contributed by atoms with Crippen LogP contribution in [-0.2, 0) is 0 Å². The highest BCUT2D eigenvalue weighted by Crippen LogP contribution is 2.31. The molecule has 0 bridgehead atoms. The predicted octanol–water partition coefficient (Wildman–Crippen LogP) is 4.65. The standard InChI is InChI=1S/C24H21ClN4O2S/c1-16-20-15-21(32-24(20)29(26-16)19-5-3-2-4-6-19)23(31)28-13-11-27(12-14-28)22(30)17-7-9-18(25)10-8-17/h2-10,15H,11-14H2,1H3. The number of hydrogen-bond donors (Lipinski definition) is 0. The summed E-state index contributed by atoms with van der Waals surface area (Å²) in [6.07, 6.45) is 0. The summed E-state index contributed by atoms with van der Waals surface area (Å²) in [5, 5.41) is 6.25. The summed E-state index contributed by atoms with van der Waals surface area (Å²) in [5.74, 6) is -0.0296. The van der Waals surface area contributed by atoms with Gasteiger partial charge in [0.1, 0.15) is 4.83 Å². The lowest BCUT2D eigenvalue weighted by molar-refractivity contribution is 0.0538. The lowest BCUT2D eigenvalue weighted by atomic mass is 10.2. The normalized spacial score (nSPS) is 14.2. The van der Waals surface area contributed by atoms with E-state index in [1.165, 1.54) is 11.3 Å². The predicted molar refractivity (Wildman–Crippen MR) is 127 cm³/mol. The molecule has 1 aliphatic heterocycles. The van der Waals surface area contributed by atoms with Gasteiger partial charge in [0.25, 0.3) is 11.8 Å². The number of carbonyl (C=O) groups excluding carboxylic acids is 2. The van der Waals surface area contributed by atoms with Gasteiger partial charge in [-0.15, -0.1) is 11.3 Å². The number of aryl methyl sites for hydroxylation is 1. The molecule has 1 saturated heterocycles. The van der Waals surface area contributed by atoms with Gasteiger partial charge in [0.05, 0.1) is 16.3 Å². The Morgan fingerprint density at radius 3 is 2.19 bits per heavy atom. The van der Waals surface area contributed by atoms with Crippen LogP contribution < -0.4 is 0 Å². The van der Waals surface area contributed by atoms with Crippen molar-refractivity contribution in [2.24, 2.45) is 0 Å². The molecule has 6 nitrogen and oxygen atoms in total. The van der Waals surface area contributed by atoms with E-state index in [-0.39, 0.29) is 11.8 Å². The Kier molecular flexibility index (Phi) is 5.45. The second kappa shape index (κ2) is 8.41. The summed E-state index contributed by atoms with van der Waals surface area (Å²) in [7, 11) is 0. The Hall–Kier alpha value is -3.16. The minimum Gasteiger partial charge on any atom is -0.335 e. The molecule has 2 amide bonds. The van der Waals surface area contributed by atoms with Crippen molar-refractivity contribution >= 4 is 45.0 Å². The Morgan fingerprint density at radius 2 is 1.53 bits per heavy atom. The molecule has 0 unspecified atom stereocenters. The van der Waals surface area contributed by atoms with Crippen LogP contribution in [0.5, 0.6) is 0 Å². The molecule has 1 aliphatic rings. The van der Waals surface area contributed by atoms with E-state index in [9.17, 15) is 9.59 Å². The average molecular weight is 465 g/mol. The van der Waals surface area contributed by atoms with Crippen LogP contribution in [0.2, 0.25) is 5.02 Å². The number of benzene rings is 2. The van der Waals surface area contributed by atoms with Crippen molar-refractivity contribution < 1.29 is 9.59 Å². The molecule has 32 heavy (non-hydrogen) atoms. The number of rotatable bonds is 3. The zero-order valence-electron chi connectivity index (χ0n) is 17.5. The monoisotopic (exact) mass is 464 g/mol. The largest absolute Gasteiger partial charge is 0.335 e. The van der Waals surface area contributed by atoms with Crippen LogP contribution in [0.15, 0.2) is 60.7 Å². The van der Waals surface area contributed by atoms with E-state index in [1.807, 2.05) is 52.9 Å². The van der Waals surface area contributed by atoms with Gasteiger partial charge >= 0.3 is 0 Å². The van der Waals surface area contributed by atoms with E-state index in [4.69, 9.17) is 11.6 Å². The average Bonchev–Trinajstić information content (AvgIpc) is 3.40. The number of aromatic nitrogens is 2. The van der Waals surface area contributed by atoms with Crippen molar-refractivity contribution in [1.29, 1.82) is 0 Å². The highest BCUT2D eigenvalue weighted by molar-refractivity contribution is 7.20. The summed E-state index contributed by atoms with van der Waals surface area (Å²) in [5.41, 5.74) is 2.48. The number of amides is 2. The molecule has 0 spiro atoms. The summed E-state index contributed by atoms with van der Waals surface area (Å²) in [6, 6.07) is 18.8. The van der Waals surface area contributed by atoms with E-state index in [2.05, 4.69) is 5.10 Å². The van der Waals surface area contributed by atoms with E-state index in [0.29, 0.717) is 41.6 Å². The minimum atomic E-state index is -0.0331. The first kappa shape index (κ1) is 20.7. The molecule has 2 aromatic heterocycles. The third-order valence-corrected chi connectivity index (χ3v) is 7.05. The third-order valence-electron chi connectivity index (χ3n) is 5.70. The number of nitrogens with zero attached hydrogens (tertiary/aromatic N) is 4. The molecular weight excluding hydrogens is 444 g/mol. The van der Waals surface area contributed by atoms with Crippen molar-refractivity contribution in [2.45, 2.75) is 6.92 Å². The molecule has 1 fully saturated rings. The SMILES string of the molecule is Cc1nn(-c2ccccc2)c2sc(C(=O)N3CCN(C(=O)c4ccc(Cl)cc4)CC3)cc12. The van der Waals surface area contributed by atoms with Crippen LogP contribution in [-0.4, -0.2) is 57.6 Å². The Bertz CT molecular complexity index is 1290. The maximum Gasteiger partial charge on any atom is 0.264 e. The molecule has 162 valence electrons. The zero-order valence-corrected chi connectivity index (χ0v) is 19.1. The van der Waals surface area contributed by atoms with Gasteiger partial charge < -0.3 is 9.80 Å². The first-order chi connectivity index (χ1) is 15.5. The second-order valence-electron chi connectivity index (χ2n) is 7.75. The Balaban J connectivity index is 1.31. The zero-order chi connectivity index (χ0) is 22.2. The number of halogens is 1. The molecule has 8 heteroatoms. The summed E-state index contributed by atoms with van der Waals surface area (Å²) < 4.78 is 1.90. The molecule has 2 aromatic carbocycles. The van der Waals surface area contributed by atoms with Crippen molar-refractivity contribution in [3.05, 3.63) is 81.8 Å². The van der Waals surface area contributed by atoms with E-state index < -0.39 is 0 Å². The molecule has 0 atom stereocenters. The number of hydrogen-bond acceptors (Lipinski definition) is 4.